The van der Waals surface area contributed by atoms with Gasteiger partial charge in [-0.15, -0.1) is 0 Å². The van der Waals surface area contributed by atoms with Gasteiger partial charge in [0.05, 0.1) is 12.2 Å². The number of guanidine groups is 1. The second kappa shape index (κ2) is 10.0. The first-order chi connectivity index (χ1) is 17.8. The Bertz CT molecular complexity index is 1570. The maximum atomic E-state index is 15.2. The standard InChI is InChI=1S/C28H23F2N3O3S/c1-18(20-10-12-23(13-11-20)36-22-8-3-2-4-9-22)26-24(30)14-15-25-27(26)32-28(33-37(25,34)35)31-17-19-6-5-7-21(29)16-19/h2-16,18H,17H2,1H3,(H2,31,32,33)/t18-/m1/s1. The number of para-hydroxylation sites is 1. The molecule has 0 saturated heterocycles. The predicted molar refractivity (Wildman–Crippen MR) is 138 cm³/mol. The van der Waals surface area contributed by atoms with Crippen LogP contribution >= 0.6 is 0 Å². The number of aliphatic imine (C=N–C) groups is 1. The predicted octanol–water partition coefficient (Wildman–Crippen LogP) is 6.17. The molecule has 1 heterocycles. The summed E-state index contributed by atoms with van der Waals surface area (Å²) in [6.45, 7) is 1.83. The summed E-state index contributed by atoms with van der Waals surface area (Å²) < 4.78 is 62.8. The molecule has 0 aromatic heterocycles. The molecule has 0 fully saturated rings. The van der Waals surface area contributed by atoms with Crippen LogP contribution in [0.3, 0.4) is 0 Å². The van der Waals surface area contributed by atoms with Crippen LogP contribution in [0.2, 0.25) is 0 Å². The number of nitrogens with one attached hydrogen (secondary N) is 2. The molecule has 37 heavy (non-hydrogen) atoms. The van der Waals surface area contributed by atoms with Crippen LogP contribution in [-0.2, 0) is 16.6 Å². The van der Waals surface area contributed by atoms with Crippen molar-refractivity contribution in [3.63, 3.8) is 0 Å². The van der Waals surface area contributed by atoms with E-state index in [-0.39, 0.29) is 28.7 Å². The SMILES string of the molecule is C[C@H](c1ccc(Oc2ccccc2)cc1)c1c(F)ccc2c1NC(=NCc1cccc(F)c1)NS2(=O)=O. The van der Waals surface area contributed by atoms with Crippen LogP contribution in [0.25, 0.3) is 0 Å². The molecule has 0 spiro atoms. The van der Waals surface area contributed by atoms with Crippen LogP contribution in [0.4, 0.5) is 14.5 Å². The van der Waals surface area contributed by atoms with Crippen LogP contribution in [-0.4, -0.2) is 14.4 Å². The third-order valence-electron chi connectivity index (χ3n) is 6.02. The molecule has 0 aliphatic carbocycles. The highest BCUT2D eigenvalue weighted by molar-refractivity contribution is 7.90. The number of nitrogens with zero attached hydrogens (tertiary/aromatic N) is 1. The Morgan fingerprint density at radius 2 is 1.62 bits per heavy atom. The van der Waals surface area contributed by atoms with Crippen molar-refractivity contribution in [2.75, 3.05) is 5.32 Å². The molecule has 1 atom stereocenters. The van der Waals surface area contributed by atoms with E-state index >= 15 is 4.39 Å². The number of benzene rings is 4. The van der Waals surface area contributed by atoms with Gasteiger partial charge >= 0.3 is 0 Å². The number of hydrogen-bond acceptors (Lipinski definition) is 4. The van der Waals surface area contributed by atoms with E-state index in [2.05, 4.69) is 15.0 Å². The molecule has 0 saturated carbocycles. The van der Waals surface area contributed by atoms with Crippen LogP contribution in [0.15, 0.2) is 101 Å². The Morgan fingerprint density at radius 1 is 0.892 bits per heavy atom. The van der Waals surface area contributed by atoms with E-state index in [9.17, 15) is 12.8 Å². The lowest BCUT2D eigenvalue weighted by atomic mass is 9.91. The fraction of sp³-hybridized carbons (Fsp3) is 0.107. The number of ether oxygens (including phenoxy) is 1. The van der Waals surface area contributed by atoms with E-state index in [0.29, 0.717) is 17.1 Å². The monoisotopic (exact) mass is 519 g/mol. The van der Waals surface area contributed by atoms with Crippen molar-refractivity contribution in [2.45, 2.75) is 24.3 Å². The highest BCUT2D eigenvalue weighted by Crippen LogP contribution is 2.38. The Balaban J connectivity index is 1.45. The highest BCUT2D eigenvalue weighted by Gasteiger charge is 2.32. The Hall–Kier alpha value is -4.24. The van der Waals surface area contributed by atoms with Crippen LogP contribution in [0.5, 0.6) is 11.5 Å². The van der Waals surface area contributed by atoms with Crippen molar-refractivity contribution in [1.82, 2.24) is 4.72 Å². The molecule has 2 N–H and O–H groups in total. The van der Waals surface area contributed by atoms with Gasteiger partial charge in [-0.05, 0) is 59.7 Å². The van der Waals surface area contributed by atoms with Crippen molar-refractivity contribution < 1.29 is 21.9 Å². The average molecular weight is 520 g/mol. The largest absolute Gasteiger partial charge is 0.457 e. The summed E-state index contributed by atoms with van der Waals surface area (Å²) >= 11 is 0. The minimum atomic E-state index is -4.00. The summed E-state index contributed by atoms with van der Waals surface area (Å²) in [6, 6.07) is 24.7. The Morgan fingerprint density at radius 3 is 2.35 bits per heavy atom. The maximum absolute atomic E-state index is 15.2. The summed E-state index contributed by atoms with van der Waals surface area (Å²) in [5.74, 6) is -0.218. The van der Waals surface area contributed by atoms with Gasteiger partial charge in [0.15, 0.2) is 0 Å². The summed E-state index contributed by atoms with van der Waals surface area (Å²) in [7, 11) is -4.00. The molecule has 9 heteroatoms. The normalized spacial score (nSPS) is 15.8. The zero-order chi connectivity index (χ0) is 26.0. The number of hydrogen-bond donors (Lipinski definition) is 2. The molecule has 188 valence electrons. The fourth-order valence-electron chi connectivity index (χ4n) is 4.17. The molecule has 6 nitrogen and oxygen atoms in total. The van der Waals surface area contributed by atoms with E-state index in [4.69, 9.17) is 4.74 Å². The van der Waals surface area contributed by atoms with Gasteiger partial charge in [-0.1, -0.05) is 49.4 Å². The van der Waals surface area contributed by atoms with Gasteiger partial charge in [-0.25, -0.2) is 26.9 Å². The number of fused-ring (bicyclic) bond motifs is 1. The van der Waals surface area contributed by atoms with Gasteiger partial charge in [0.2, 0.25) is 5.96 Å². The van der Waals surface area contributed by atoms with Crippen LogP contribution < -0.4 is 14.8 Å². The molecule has 1 aliphatic rings. The molecular weight excluding hydrogens is 496 g/mol. The lowest BCUT2D eigenvalue weighted by molar-refractivity contribution is 0.482. The second-order valence-electron chi connectivity index (χ2n) is 8.57. The van der Waals surface area contributed by atoms with Crippen molar-refractivity contribution >= 4 is 21.7 Å². The summed E-state index contributed by atoms with van der Waals surface area (Å²) in [4.78, 5) is 4.17. The maximum Gasteiger partial charge on any atom is 0.266 e. The van der Waals surface area contributed by atoms with Gasteiger partial charge in [0, 0.05) is 11.5 Å². The van der Waals surface area contributed by atoms with Crippen LogP contribution in [0, 0.1) is 11.6 Å². The van der Waals surface area contributed by atoms with Gasteiger partial charge in [-0.2, -0.15) is 0 Å². The molecule has 0 radical (unpaired) electrons. The first-order valence-corrected chi connectivity index (χ1v) is 13.0. The molecular formula is C28H23F2N3O3S. The quantitative estimate of drug-likeness (QED) is 0.319. The van der Waals surface area contributed by atoms with Gasteiger partial charge < -0.3 is 10.1 Å². The number of rotatable bonds is 6. The van der Waals surface area contributed by atoms with E-state index < -0.39 is 27.6 Å². The minimum absolute atomic E-state index is 0.0288. The van der Waals surface area contributed by atoms with E-state index in [1.165, 1.54) is 18.2 Å². The fourth-order valence-corrected chi connectivity index (χ4v) is 5.33. The lowest BCUT2D eigenvalue weighted by Gasteiger charge is -2.26. The summed E-state index contributed by atoms with van der Waals surface area (Å²) in [6.07, 6.45) is 0. The number of anilines is 1. The first kappa shape index (κ1) is 24.5. The van der Waals surface area contributed by atoms with Crippen molar-refractivity contribution in [2.24, 2.45) is 4.99 Å². The minimum Gasteiger partial charge on any atom is -0.457 e. The number of halogens is 2. The van der Waals surface area contributed by atoms with Gasteiger partial charge in [0.25, 0.3) is 10.0 Å². The van der Waals surface area contributed by atoms with E-state index in [1.54, 1.807) is 31.2 Å². The van der Waals surface area contributed by atoms with Crippen molar-refractivity contribution in [3.8, 4) is 11.5 Å². The van der Waals surface area contributed by atoms with Crippen molar-refractivity contribution in [1.29, 1.82) is 0 Å². The number of sulfonamides is 1. The van der Waals surface area contributed by atoms with Gasteiger partial charge in [0.1, 0.15) is 28.0 Å². The molecule has 5 rings (SSSR count). The molecule has 0 amide bonds. The highest BCUT2D eigenvalue weighted by atomic mass is 32.2. The third-order valence-corrected chi connectivity index (χ3v) is 7.40. The molecule has 0 bridgehead atoms. The lowest BCUT2D eigenvalue weighted by Crippen LogP contribution is -2.41. The Labute approximate surface area is 213 Å². The zero-order valence-electron chi connectivity index (χ0n) is 19.8. The Kier molecular flexibility index (Phi) is 6.62. The smallest absolute Gasteiger partial charge is 0.266 e. The second-order valence-corrected chi connectivity index (χ2v) is 10.2. The molecule has 0 unspecified atom stereocenters. The van der Waals surface area contributed by atoms with Crippen LogP contribution in [0.1, 0.15) is 29.5 Å². The first-order valence-electron chi connectivity index (χ1n) is 11.5. The molecule has 4 aromatic carbocycles. The van der Waals surface area contributed by atoms with Crippen molar-refractivity contribution in [3.05, 3.63) is 119 Å². The summed E-state index contributed by atoms with van der Waals surface area (Å²) in [5, 5.41) is 2.94. The summed E-state index contributed by atoms with van der Waals surface area (Å²) in [5.41, 5.74) is 1.64. The molecule has 4 aromatic rings. The van der Waals surface area contributed by atoms with Gasteiger partial charge in [-0.3, -0.25) is 0 Å². The topological polar surface area (TPSA) is 79.8 Å². The third kappa shape index (κ3) is 5.31. The average Bonchev–Trinajstić information content (AvgIpc) is 2.88. The van der Waals surface area contributed by atoms with E-state index in [0.717, 1.165) is 11.6 Å². The van der Waals surface area contributed by atoms with E-state index in [1.807, 2.05) is 42.5 Å². The molecule has 1 aliphatic heterocycles. The zero-order valence-corrected chi connectivity index (χ0v) is 20.6.